The van der Waals surface area contributed by atoms with Crippen LogP contribution in [0.4, 0.5) is 4.39 Å². The van der Waals surface area contributed by atoms with E-state index in [2.05, 4.69) is 0 Å². The molecule has 1 N–H and O–H groups in total. The zero-order chi connectivity index (χ0) is 14.0. The molecule has 0 atom stereocenters. The van der Waals surface area contributed by atoms with Crippen LogP contribution in [0.2, 0.25) is 0 Å². The van der Waals surface area contributed by atoms with Gasteiger partial charge >= 0.3 is 5.97 Å². The van der Waals surface area contributed by atoms with Crippen LogP contribution in [0.5, 0.6) is 0 Å². The van der Waals surface area contributed by atoms with E-state index in [1.807, 2.05) is 0 Å². The van der Waals surface area contributed by atoms with Gasteiger partial charge in [0.15, 0.2) is 0 Å². The Labute approximate surface area is 107 Å². The summed E-state index contributed by atoms with van der Waals surface area (Å²) in [7, 11) is 0. The Bertz CT molecular complexity index is 559. The van der Waals surface area contributed by atoms with Gasteiger partial charge in [0, 0.05) is 0 Å². The van der Waals surface area contributed by atoms with Gasteiger partial charge in [-0.15, -0.1) is 0 Å². The Morgan fingerprint density at radius 3 is 2.21 bits per heavy atom. The van der Waals surface area contributed by atoms with E-state index in [0.717, 1.165) is 11.0 Å². The fraction of sp³-hybridized carbons (Fsp3) is 0.154. The molecule has 0 saturated carbocycles. The van der Waals surface area contributed by atoms with E-state index in [4.69, 9.17) is 5.11 Å². The third kappa shape index (κ3) is 2.52. The lowest BCUT2D eigenvalue weighted by Gasteiger charge is -2.11. The van der Waals surface area contributed by atoms with E-state index < -0.39 is 36.6 Å². The van der Waals surface area contributed by atoms with Crippen LogP contribution >= 0.6 is 0 Å². The first-order chi connectivity index (χ1) is 9.00. The number of hydrogen-bond donors (Lipinski definition) is 1. The molecule has 0 unspecified atom stereocenters. The Hall–Kier alpha value is -2.50. The van der Waals surface area contributed by atoms with Gasteiger partial charge in [-0.2, -0.15) is 0 Å². The van der Waals surface area contributed by atoms with Gasteiger partial charge in [0.05, 0.1) is 24.1 Å². The smallest absolute Gasteiger partial charge is 0.307 e. The Morgan fingerprint density at radius 1 is 1.21 bits per heavy atom. The summed E-state index contributed by atoms with van der Waals surface area (Å²) >= 11 is 0. The summed E-state index contributed by atoms with van der Waals surface area (Å²) in [6.45, 7) is -0.542. The van der Waals surface area contributed by atoms with Gasteiger partial charge in [-0.05, 0) is 18.2 Å². The van der Waals surface area contributed by atoms with E-state index in [1.54, 1.807) is 12.1 Å². The first-order valence-corrected chi connectivity index (χ1v) is 5.52. The molecule has 2 amide bonds. The summed E-state index contributed by atoms with van der Waals surface area (Å²) in [5.41, 5.74) is 0.470. The molecule has 0 radical (unpaired) electrons. The number of amides is 2. The molecule has 5 nitrogen and oxygen atoms in total. The van der Waals surface area contributed by atoms with Crippen molar-refractivity contribution in [2.45, 2.75) is 6.42 Å². The van der Waals surface area contributed by atoms with Gasteiger partial charge < -0.3 is 5.11 Å². The second-order valence-electron chi connectivity index (χ2n) is 3.99. The van der Waals surface area contributed by atoms with Gasteiger partial charge in [0.1, 0.15) is 5.83 Å². The number of carboxylic acids is 1. The van der Waals surface area contributed by atoms with Gasteiger partial charge in [-0.1, -0.05) is 12.1 Å². The van der Waals surface area contributed by atoms with Crippen LogP contribution in [0.15, 0.2) is 36.2 Å². The molecule has 0 spiro atoms. The van der Waals surface area contributed by atoms with Crippen LogP contribution in [0, 0.1) is 0 Å². The number of hydrogen-bond acceptors (Lipinski definition) is 3. The molecule has 0 saturated heterocycles. The van der Waals surface area contributed by atoms with Crippen molar-refractivity contribution in [1.82, 2.24) is 4.90 Å². The topological polar surface area (TPSA) is 74.7 Å². The lowest BCUT2D eigenvalue weighted by molar-refractivity contribution is -0.136. The molecule has 6 heteroatoms. The maximum Gasteiger partial charge on any atom is 0.307 e. The highest BCUT2D eigenvalue weighted by Gasteiger charge is 2.35. The van der Waals surface area contributed by atoms with Crippen molar-refractivity contribution in [2.24, 2.45) is 0 Å². The van der Waals surface area contributed by atoms with E-state index in [1.165, 1.54) is 12.1 Å². The quantitative estimate of drug-likeness (QED) is 0.837. The molecule has 98 valence electrons. The minimum absolute atomic E-state index is 0.235. The summed E-state index contributed by atoms with van der Waals surface area (Å²) in [6, 6.07) is 6.22. The number of nitrogens with zero attached hydrogens (tertiary/aromatic N) is 1. The van der Waals surface area contributed by atoms with Crippen molar-refractivity contribution in [2.75, 3.05) is 6.54 Å². The lowest BCUT2D eigenvalue weighted by atomic mass is 10.1. The number of carboxylic acid groups (broad SMARTS) is 1. The summed E-state index contributed by atoms with van der Waals surface area (Å²) in [5.74, 6) is -3.15. The highest BCUT2D eigenvalue weighted by Crippen LogP contribution is 2.23. The van der Waals surface area contributed by atoms with Gasteiger partial charge in [-0.25, -0.2) is 4.39 Å². The van der Waals surface area contributed by atoms with Gasteiger partial charge in [0.2, 0.25) is 0 Å². The largest absolute Gasteiger partial charge is 0.481 e. The normalized spacial score (nSPS) is 14.8. The summed E-state index contributed by atoms with van der Waals surface area (Å²) < 4.78 is 13.4. The Balaban J connectivity index is 2.16. The van der Waals surface area contributed by atoms with E-state index in [-0.39, 0.29) is 11.1 Å². The fourth-order valence-corrected chi connectivity index (χ4v) is 1.80. The number of halogens is 1. The molecule has 0 fully saturated rings. The molecule has 1 aromatic rings. The number of carbonyl (C=O) groups excluding carboxylic acids is 2. The maximum atomic E-state index is 13.4. The predicted molar refractivity (Wildman–Crippen MR) is 63.3 cm³/mol. The number of rotatable bonds is 4. The summed E-state index contributed by atoms with van der Waals surface area (Å²) in [6.07, 6.45) is 0.348. The van der Waals surface area contributed by atoms with Crippen LogP contribution in [-0.4, -0.2) is 34.3 Å². The average Bonchev–Trinajstić information content (AvgIpc) is 2.62. The molecule has 2 rings (SSSR count). The Morgan fingerprint density at radius 2 is 1.74 bits per heavy atom. The fourth-order valence-electron chi connectivity index (χ4n) is 1.80. The second-order valence-corrected chi connectivity index (χ2v) is 3.99. The summed E-state index contributed by atoms with van der Waals surface area (Å²) in [5, 5.41) is 8.41. The molecule has 0 aromatic heterocycles. The molecule has 0 bridgehead atoms. The molecule has 19 heavy (non-hydrogen) atoms. The first kappa shape index (κ1) is 12.9. The number of imide groups is 1. The molecular weight excluding hydrogens is 253 g/mol. The second kappa shape index (κ2) is 5.01. The van der Waals surface area contributed by atoms with Crippen LogP contribution < -0.4 is 0 Å². The molecule has 1 aromatic carbocycles. The average molecular weight is 263 g/mol. The number of carbonyl (C=O) groups is 3. The molecule has 1 heterocycles. The highest BCUT2D eigenvalue weighted by atomic mass is 19.1. The summed E-state index contributed by atoms with van der Waals surface area (Å²) in [4.78, 5) is 34.8. The minimum Gasteiger partial charge on any atom is -0.481 e. The number of fused-ring (bicyclic) bond motifs is 1. The van der Waals surface area contributed by atoms with Crippen molar-refractivity contribution in [3.8, 4) is 0 Å². The SMILES string of the molecule is O=C(O)C/C=C(\F)CN1C(=O)c2ccccc2C1=O. The van der Waals surface area contributed by atoms with Crippen LogP contribution in [-0.2, 0) is 4.79 Å². The van der Waals surface area contributed by atoms with Crippen LogP contribution in [0.3, 0.4) is 0 Å². The standard InChI is InChI=1S/C13H10FNO4/c14-8(5-6-11(16)17)7-15-12(18)9-3-1-2-4-10(9)13(15)19/h1-5H,6-7H2,(H,16,17)/b8-5-. The molecule has 1 aliphatic heterocycles. The van der Waals surface area contributed by atoms with Crippen molar-refractivity contribution >= 4 is 17.8 Å². The van der Waals surface area contributed by atoms with E-state index in [0.29, 0.717) is 0 Å². The molecule has 0 aliphatic carbocycles. The third-order valence-electron chi connectivity index (χ3n) is 2.69. The highest BCUT2D eigenvalue weighted by molar-refractivity contribution is 6.21. The van der Waals surface area contributed by atoms with Gasteiger partial charge in [-0.3, -0.25) is 19.3 Å². The minimum atomic E-state index is -1.18. The zero-order valence-corrected chi connectivity index (χ0v) is 9.80. The monoisotopic (exact) mass is 263 g/mol. The predicted octanol–water partition coefficient (Wildman–Crippen LogP) is 1.61. The molecule has 1 aliphatic rings. The maximum absolute atomic E-state index is 13.4. The van der Waals surface area contributed by atoms with E-state index >= 15 is 0 Å². The van der Waals surface area contributed by atoms with Crippen LogP contribution in [0.25, 0.3) is 0 Å². The number of aliphatic carboxylic acids is 1. The zero-order valence-electron chi connectivity index (χ0n) is 9.80. The van der Waals surface area contributed by atoms with Crippen molar-refractivity contribution in [3.05, 3.63) is 47.3 Å². The lowest BCUT2D eigenvalue weighted by Crippen LogP contribution is -2.31. The molecular formula is C13H10FNO4. The number of benzene rings is 1. The van der Waals surface area contributed by atoms with Crippen molar-refractivity contribution in [3.63, 3.8) is 0 Å². The third-order valence-corrected chi connectivity index (χ3v) is 2.69. The van der Waals surface area contributed by atoms with Crippen molar-refractivity contribution < 1.29 is 23.9 Å². The van der Waals surface area contributed by atoms with Gasteiger partial charge in [0.25, 0.3) is 11.8 Å². The van der Waals surface area contributed by atoms with Crippen LogP contribution in [0.1, 0.15) is 27.1 Å². The first-order valence-electron chi connectivity index (χ1n) is 5.52. The van der Waals surface area contributed by atoms with Crippen molar-refractivity contribution in [1.29, 1.82) is 0 Å². The Kier molecular flexibility index (Phi) is 3.41. The van der Waals surface area contributed by atoms with E-state index in [9.17, 15) is 18.8 Å².